The lowest BCUT2D eigenvalue weighted by molar-refractivity contribution is 0.0689. The largest absolute Gasteiger partial charge is 0.477 e. The van der Waals surface area contributed by atoms with Crippen molar-refractivity contribution in [1.29, 1.82) is 0 Å². The van der Waals surface area contributed by atoms with Gasteiger partial charge in [0.2, 0.25) is 10.0 Å². The van der Waals surface area contributed by atoms with E-state index in [9.17, 15) is 28.2 Å². The zero-order valence-electron chi connectivity index (χ0n) is 13.8. The van der Waals surface area contributed by atoms with Crippen molar-refractivity contribution in [2.45, 2.75) is 12.4 Å². The van der Waals surface area contributed by atoms with Crippen molar-refractivity contribution in [2.75, 3.05) is 0 Å². The molecule has 3 aromatic rings. The number of fused-ring (bicyclic) bond motifs is 1. The molecule has 0 saturated carbocycles. The number of aromatic carboxylic acids is 1. The molecule has 1 aromatic carbocycles. The van der Waals surface area contributed by atoms with Gasteiger partial charge in [-0.05, 0) is 11.6 Å². The molecule has 3 rings (SSSR count). The molecule has 136 valence electrons. The Morgan fingerprint density at radius 1 is 1.19 bits per heavy atom. The number of nitrogens with zero attached hydrogens (tertiary/aromatic N) is 2. The van der Waals surface area contributed by atoms with Gasteiger partial charge in [0.1, 0.15) is 11.2 Å². The molecule has 2 heterocycles. The Morgan fingerprint density at radius 3 is 2.42 bits per heavy atom. The van der Waals surface area contributed by atoms with Gasteiger partial charge in [-0.2, -0.15) is 0 Å². The van der Waals surface area contributed by atoms with Crippen LogP contribution in [0.25, 0.3) is 10.9 Å². The van der Waals surface area contributed by atoms with Crippen molar-refractivity contribution >= 4 is 26.9 Å². The average Bonchev–Trinajstić information content (AvgIpc) is 3.01. The number of aliphatic hydroxyl groups is 1. The van der Waals surface area contributed by atoms with E-state index in [2.05, 4.69) is 0 Å². The molecule has 8 nitrogen and oxygen atoms in total. The normalized spacial score (nSPS) is 11.8. The summed E-state index contributed by atoms with van der Waals surface area (Å²) in [5, 5.41) is 19.1. The first-order valence-electron chi connectivity index (χ1n) is 7.61. The van der Waals surface area contributed by atoms with Gasteiger partial charge in [0.25, 0.3) is 5.56 Å². The third-order valence-corrected chi connectivity index (χ3v) is 5.67. The summed E-state index contributed by atoms with van der Waals surface area (Å²) in [6.45, 7) is -0.466. The van der Waals surface area contributed by atoms with E-state index in [1.54, 1.807) is 30.3 Å². The van der Waals surface area contributed by atoms with E-state index in [0.29, 0.717) is 9.54 Å². The molecule has 0 saturated heterocycles. The molecule has 0 fully saturated rings. The Labute approximate surface area is 148 Å². The fraction of sp³-hybridized carbons (Fsp3) is 0.176. The number of carboxylic acids is 1. The van der Waals surface area contributed by atoms with Gasteiger partial charge < -0.3 is 14.8 Å². The molecule has 2 aromatic heterocycles. The number of benzene rings is 1. The zero-order chi connectivity index (χ0) is 19.1. The third kappa shape index (κ3) is 2.91. The van der Waals surface area contributed by atoms with Gasteiger partial charge in [-0.1, -0.05) is 30.3 Å². The number of hydrogen-bond donors (Lipinski definition) is 2. The minimum Gasteiger partial charge on any atom is -0.477 e. The second-order valence-corrected chi connectivity index (χ2v) is 7.65. The van der Waals surface area contributed by atoms with Crippen LogP contribution in [0.2, 0.25) is 0 Å². The monoisotopic (exact) mass is 376 g/mol. The summed E-state index contributed by atoms with van der Waals surface area (Å²) in [6.07, 6.45) is 1.35. The lowest BCUT2D eigenvalue weighted by Crippen LogP contribution is -2.26. The number of aromatic nitrogens is 2. The molecule has 0 amide bonds. The molecule has 2 N–H and O–H groups in total. The molecule has 0 aliphatic heterocycles. The quantitative estimate of drug-likeness (QED) is 0.683. The highest BCUT2D eigenvalue weighted by Gasteiger charge is 2.28. The van der Waals surface area contributed by atoms with Gasteiger partial charge in [0.05, 0.1) is 12.4 Å². The molecule has 0 spiro atoms. The summed E-state index contributed by atoms with van der Waals surface area (Å²) in [5.41, 5.74) is -0.776. The number of carbonyl (C=O) groups is 1. The number of carboxylic acid groups (broad SMARTS) is 1. The maximum Gasteiger partial charge on any atom is 0.353 e. The topological polar surface area (TPSA) is 119 Å². The van der Waals surface area contributed by atoms with E-state index >= 15 is 0 Å². The fourth-order valence-electron chi connectivity index (χ4n) is 2.88. The Balaban J connectivity index is 2.37. The molecule has 0 unspecified atom stereocenters. The molecule has 26 heavy (non-hydrogen) atoms. The number of aliphatic hydroxyl groups excluding tert-OH is 1. The van der Waals surface area contributed by atoms with Crippen molar-refractivity contribution in [3.63, 3.8) is 0 Å². The SMILES string of the molecule is Cn1cc(CO)c2cc(C(=O)O)n(S(=O)(=O)Cc3ccccc3)c2c1=O. The van der Waals surface area contributed by atoms with Crippen molar-refractivity contribution < 1.29 is 23.4 Å². The summed E-state index contributed by atoms with van der Waals surface area (Å²) in [4.78, 5) is 24.2. The van der Waals surface area contributed by atoms with Crippen molar-refractivity contribution in [2.24, 2.45) is 7.05 Å². The predicted molar refractivity (Wildman–Crippen MR) is 94.5 cm³/mol. The highest BCUT2D eigenvalue weighted by atomic mass is 32.2. The number of pyridine rings is 1. The van der Waals surface area contributed by atoms with Crippen LogP contribution in [0.3, 0.4) is 0 Å². The Hall–Kier alpha value is -2.91. The zero-order valence-corrected chi connectivity index (χ0v) is 14.6. The molecule has 9 heteroatoms. The average molecular weight is 376 g/mol. The van der Waals surface area contributed by atoms with Crippen LogP contribution >= 0.6 is 0 Å². The van der Waals surface area contributed by atoms with Gasteiger partial charge >= 0.3 is 5.97 Å². The number of rotatable bonds is 5. The van der Waals surface area contributed by atoms with Gasteiger partial charge in [-0.15, -0.1) is 0 Å². The van der Waals surface area contributed by atoms with E-state index in [1.165, 1.54) is 13.2 Å². The highest BCUT2D eigenvalue weighted by molar-refractivity contribution is 7.89. The first kappa shape index (κ1) is 17.9. The van der Waals surface area contributed by atoms with Crippen LogP contribution < -0.4 is 5.56 Å². The maximum atomic E-state index is 13.0. The minimum atomic E-state index is -4.20. The fourth-order valence-corrected chi connectivity index (χ4v) is 4.51. The summed E-state index contributed by atoms with van der Waals surface area (Å²) in [6, 6.07) is 9.36. The van der Waals surface area contributed by atoms with E-state index in [4.69, 9.17) is 0 Å². The van der Waals surface area contributed by atoms with E-state index in [-0.39, 0.29) is 16.5 Å². The van der Waals surface area contributed by atoms with Gasteiger partial charge in [0, 0.05) is 24.2 Å². The maximum absolute atomic E-state index is 13.0. The van der Waals surface area contributed by atoms with Crippen molar-refractivity contribution in [1.82, 2.24) is 8.54 Å². The Bertz CT molecular complexity index is 1160. The number of aryl methyl sites for hydroxylation is 1. The lowest BCUT2D eigenvalue weighted by atomic mass is 10.2. The van der Waals surface area contributed by atoms with Crippen LogP contribution in [0.4, 0.5) is 0 Å². The van der Waals surface area contributed by atoms with Crippen LogP contribution in [0.1, 0.15) is 21.6 Å². The van der Waals surface area contributed by atoms with Crippen molar-refractivity contribution in [3.8, 4) is 0 Å². The summed E-state index contributed by atoms with van der Waals surface area (Å²) < 4.78 is 27.6. The van der Waals surface area contributed by atoms with Crippen LogP contribution in [0, 0.1) is 0 Å². The van der Waals surface area contributed by atoms with E-state index in [1.807, 2.05) is 0 Å². The van der Waals surface area contributed by atoms with E-state index < -0.39 is 39.6 Å². The predicted octanol–water partition coefficient (Wildman–Crippen LogP) is 0.909. The summed E-state index contributed by atoms with van der Waals surface area (Å²) in [5.74, 6) is -1.95. The molecule has 0 atom stereocenters. The minimum absolute atomic E-state index is 0.102. The van der Waals surface area contributed by atoms with Crippen LogP contribution in [-0.4, -0.2) is 33.1 Å². The molecular formula is C17H16N2O6S. The summed E-state index contributed by atoms with van der Waals surface area (Å²) in [7, 11) is -2.79. The Morgan fingerprint density at radius 2 is 1.85 bits per heavy atom. The van der Waals surface area contributed by atoms with Gasteiger partial charge in [-0.3, -0.25) is 4.79 Å². The molecule has 0 aliphatic rings. The molecule has 0 bridgehead atoms. The molecule has 0 aliphatic carbocycles. The van der Waals surface area contributed by atoms with E-state index in [0.717, 1.165) is 10.6 Å². The second-order valence-electron chi connectivity index (χ2n) is 5.83. The first-order valence-corrected chi connectivity index (χ1v) is 9.22. The smallest absolute Gasteiger partial charge is 0.353 e. The standard InChI is InChI=1S/C17H16N2O6S/c1-18-8-12(9-20)13-7-14(17(22)23)19(15(13)16(18)21)26(24,25)10-11-5-3-2-4-6-11/h2-8,20H,9-10H2,1H3,(H,22,23). The summed E-state index contributed by atoms with van der Waals surface area (Å²) >= 11 is 0. The first-order chi connectivity index (χ1) is 12.3. The second kappa shape index (κ2) is 6.43. The van der Waals surface area contributed by atoms with Crippen LogP contribution in [0.5, 0.6) is 0 Å². The van der Waals surface area contributed by atoms with Gasteiger partial charge in [-0.25, -0.2) is 17.2 Å². The third-order valence-electron chi connectivity index (χ3n) is 4.04. The Kier molecular flexibility index (Phi) is 4.43. The van der Waals surface area contributed by atoms with Crippen molar-refractivity contribution in [3.05, 3.63) is 69.8 Å². The molecular weight excluding hydrogens is 360 g/mol. The highest BCUT2D eigenvalue weighted by Crippen LogP contribution is 2.24. The lowest BCUT2D eigenvalue weighted by Gasteiger charge is -2.11. The van der Waals surface area contributed by atoms with Gasteiger partial charge in [0.15, 0.2) is 0 Å². The van der Waals surface area contributed by atoms with Crippen LogP contribution in [-0.2, 0) is 29.4 Å². The van der Waals surface area contributed by atoms with Crippen LogP contribution in [0.15, 0.2) is 47.4 Å². The number of hydrogen-bond acceptors (Lipinski definition) is 5. The molecule has 0 radical (unpaired) electrons.